The SMILES string of the molecule is Cc1ccc(C)c(OCCCN2CCC(N)CC2)c1. The van der Waals surface area contributed by atoms with E-state index < -0.39 is 0 Å². The molecule has 1 fully saturated rings. The topological polar surface area (TPSA) is 38.5 Å². The van der Waals surface area contributed by atoms with E-state index in [0.717, 1.165) is 51.3 Å². The van der Waals surface area contributed by atoms with Gasteiger partial charge in [0.25, 0.3) is 0 Å². The maximum atomic E-state index is 5.91. The van der Waals surface area contributed by atoms with Gasteiger partial charge in [0.1, 0.15) is 5.75 Å². The molecule has 106 valence electrons. The molecule has 1 aliphatic heterocycles. The molecule has 0 amide bonds. The lowest BCUT2D eigenvalue weighted by molar-refractivity contribution is 0.193. The van der Waals surface area contributed by atoms with Crippen LogP contribution in [-0.4, -0.2) is 37.2 Å². The van der Waals surface area contributed by atoms with E-state index in [2.05, 4.69) is 36.9 Å². The number of piperidine rings is 1. The number of nitrogens with two attached hydrogens (primary N) is 1. The third-order valence-electron chi connectivity index (χ3n) is 3.85. The Hall–Kier alpha value is -1.06. The van der Waals surface area contributed by atoms with Crippen molar-refractivity contribution in [2.45, 2.75) is 39.2 Å². The summed E-state index contributed by atoms with van der Waals surface area (Å²) in [5, 5.41) is 0. The van der Waals surface area contributed by atoms with Gasteiger partial charge in [-0.05, 0) is 63.4 Å². The van der Waals surface area contributed by atoms with E-state index in [9.17, 15) is 0 Å². The number of hydrogen-bond acceptors (Lipinski definition) is 3. The third-order valence-corrected chi connectivity index (χ3v) is 3.85. The van der Waals surface area contributed by atoms with Crippen molar-refractivity contribution >= 4 is 0 Å². The van der Waals surface area contributed by atoms with Crippen molar-refractivity contribution in [2.75, 3.05) is 26.2 Å². The normalized spacial score (nSPS) is 17.6. The van der Waals surface area contributed by atoms with Crippen LogP contribution >= 0.6 is 0 Å². The van der Waals surface area contributed by atoms with Crippen molar-refractivity contribution in [3.63, 3.8) is 0 Å². The predicted octanol–water partition coefficient (Wildman–Crippen LogP) is 2.50. The molecule has 0 atom stereocenters. The summed E-state index contributed by atoms with van der Waals surface area (Å²) in [4.78, 5) is 2.50. The number of nitrogens with zero attached hydrogens (tertiary/aromatic N) is 1. The molecule has 1 aromatic carbocycles. The molecule has 0 saturated carbocycles. The minimum Gasteiger partial charge on any atom is -0.493 e. The standard InChI is InChI=1S/C16H26N2O/c1-13-4-5-14(2)16(12-13)19-11-3-8-18-9-6-15(17)7-10-18/h4-5,12,15H,3,6-11,17H2,1-2H3. The first-order chi connectivity index (χ1) is 9.15. The minimum absolute atomic E-state index is 0.419. The zero-order valence-corrected chi connectivity index (χ0v) is 12.2. The first kappa shape index (κ1) is 14.4. The molecule has 0 spiro atoms. The van der Waals surface area contributed by atoms with Crippen LogP contribution in [0.25, 0.3) is 0 Å². The maximum absolute atomic E-state index is 5.91. The summed E-state index contributed by atoms with van der Waals surface area (Å²) >= 11 is 0. The largest absolute Gasteiger partial charge is 0.493 e. The van der Waals surface area contributed by atoms with Gasteiger partial charge in [-0.15, -0.1) is 0 Å². The molecule has 0 radical (unpaired) electrons. The maximum Gasteiger partial charge on any atom is 0.122 e. The van der Waals surface area contributed by atoms with Crippen LogP contribution in [0.3, 0.4) is 0 Å². The van der Waals surface area contributed by atoms with Crippen molar-refractivity contribution in [1.82, 2.24) is 4.90 Å². The molecule has 3 nitrogen and oxygen atoms in total. The summed E-state index contributed by atoms with van der Waals surface area (Å²) in [5.41, 5.74) is 8.38. The van der Waals surface area contributed by atoms with Gasteiger partial charge in [0, 0.05) is 12.6 Å². The fraction of sp³-hybridized carbons (Fsp3) is 0.625. The molecule has 19 heavy (non-hydrogen) atoms. The van der Waals surface area contributed by atoms with Crippen molar-refractivity contribution in [2.24, 2.45) is 5.73 Å². The van der Waals surface area contributed by atoms with E-state index >= 15 is 0 Å². The van der Waals surface area contributed by atoms with E-state index in [4.69, 9.17) is 10.5 Å². The Balaban J connectivity index is 1.68. The van der Waals surface area contributed by atoms with Crippen molar-refractivity contribution in [1.29, 1.82) is 0 Å². The van der Waals surface area contributed by atoms with Crippen LogP contribution in [0, 0.1) is 13.8 Å². The zero-order valence-electron chi connectivity index (χ0n) is 12.2. The van der Waals surface area contributed by atoms with Gasteiger partial charge in [-0.25, -0.2) is 0 Å². The molecule has 0 aromatic heterocycles. The Bertz CT molecular complexity index is 398. The molecule has 2 rings (SSSR count). The second-order valence-corrected chi connectivity index (χ2v) is 5.65. The lowest BCUT2D eigenvalue weighted by Crippen LogP contribution is -2.40. The van der Waals surface area contributed by atoms with Gasteiger partial charge >= 0.3 is 0 Å². The molecule has 1 heterocycles. The highest BCUT2D eigenvalue weighted by molar-refractivity contribution is 5.35. The van der Waals surface area contributed by atoms with E-state index in [1.54, 1.807) is 0 Å². The number of ether oxygens (including phenoxy) is 1. The van der Waals surface area contributed by atoms with E-state index in [-0.39, 0.29) is 0 Å². The van der Waals surface area contributed by atoms with Gasteiger partial charge in [-0.1, -0.05) is 12.1 Å². The lowest BCUT2D eigenvalue weighted by Gasteiger charge is -2.29. The first-order valence-electron chi connectivity index (χ1n) is 7.33. The van der Waals surface area contributed by atoms with Gasteiger partial charge in [-0.2, -0.15) is 0 Å². The molecule has 0 bridgehead atoms. The Kier molecular flexibility index (Phi) is 5.23. The van der Waals surface area contributed by atoms with Crippen LogP contribution in [0.1, 0.15) is 30.4 Å². The first-order valence-corrected chi connectivity index (χ1v) is 7.33. The lowest BCUT2D eigenvalue weighted by atomic mass is 10.1. The van der Waals surface area contributed by atoms with Gasteiger partial charge < -0.3 is 15.4 Å². The van der Waals surface area contributed by atoms with Crippen LogP contribution < -0.4 is 10.5 Å². The van der Waals surface area contributed by atoms with Crippen LogP contribution in [0.15, 0.2) is 18.2 Å². The van der Waals surface area contributed by atoms with Gasteiger partial charge in [0.15, 0.2) is 0 Å². The average molecular weight is 262 g/mol. The Morgan fingerprint density at radius 3 is 2.74 bits per heavy atom. The highest BCUT2D eigenvalue weighted by Crippen LogP contribution is 2.19. The predicted molar refractivity (Wildman–Crippen MR) is 79.7 cm³/mol. The van der Waals surface area contributed by atoms with Crippen LogP contribution in [0.4, 0.5) is 0 Å². The minimum atomic E-state index is 0.419. The third kappa shape index (κ3) is 4.51. The number of benzene rings is 1. The van der Waals surface area contributed by atoms with Crippen LogP contribution in [-0.2, 0) is 0 Å². The summed E-state index contributed by atoms with van der Waals surface area (Å²) < 4.78 is 5.88. The summed E-state index contributed by atoms with van der Waals surface area (Å²) in [5.74, 6) is 1.03. The highest BCUT2D eigenvalue weighted by Gasteiger charge is 2.15. The molecule has 0 aliphatic carbocycles. The highest BCUT2D eigenvalue weighted by atomic mass is 16.5. The zero-order chi connectivity index (χ0) is 13.7. The summed E-state index contributed by atoms with van der Waals surface area (Å²) in [6.07, 6.45) is 3.36. The fourth-order valence-corrected chi connectivity index (χ4v) is 2.51. The Morgan fingerprint density at radius 2 is 2.00 bits per heavy atom. The van der Waals surface area contributed by atoms with Gasteiger partial charge in [0.05, 0.1) is 6.61 Å². The number of hydrogen-bond donors (Lipinski definition) is 1. The second-order valence-electron chi connectivity index (χ2n) is 5.65. The molecular formula is C16H26N2O. The monoisotopic (exact) mass is 262 g/mol. The van der Waals surface area contributed by atoms with Crippen LogP contribution in [0.5, 0.6) is 5.75 Å². The summed E-state index contributed by atoms with van der Waals surface area (Å²) in [6.45, 7) is 8.41. The molecular weight excluding hydrogens is 236 g/mol. The summed E-state index contributed by atoms with van der Waals surface area (Å²) in [7, 11) is 0. The van der Waals surface area contributed by atoms with E-state index in [1.807, 2.05) is 0 Å². The Morgan fingerprint density at radius 1 is 1.26 bits per heavy atom. The fourth-order valence-electron chi connectivity index (χ4n) is 2.51. The van der Waals surface area contributed by atoms with Crippen LogP contribution in [0.2, 0.25) is 0 Å². The quantitative estimate of drug-likeness (QED) is 0.829. The smallest absolute Gasteiger partial charge is 0.122 e. The average Bonchev–Trinajstić information content (AvgIpc) is 2.40. The van der Waals surface area contributed by atoms with Crippen molar-refractivity contribution in [3.8, 4) is 5.75 Å². The van der Waals surface area contributed by atoms with Crippen molar-refractivity contribution in [3.05, 3.63) is 29.3 Å². The number of likely N-dealkylation sites (tertiary alicyclic amines) is 1. The van der Waals surface area contributed by atoms with Gasteiger partial charge in [0.2, 0.25) is 0 Å². The molecule has 1 aliphatic rings. The van der Waals surface area contributed by atoms with Crippen molar-refractivity contribution < 1.29 is 4.74 Å². The molecule has 1 saturated heterocycles. The molecule has 2 N–H and O–H groups in total. The number of rotatable bonds is 5. The Labute approximate surface area is 116 Å². The van der Waals surface area contributed by atoms with E-state index in [0.29, 0.717) is 6.04 Å². The number of aryl methyl sites for hydroxylation is 2. The van der Waals surface area contributed by atoms with Gasteiger partial charge in [-0.3, -0.25) is 0 Å². The second kappa shape index (κ2) is 6.92. The van der Waals surface area contributed by atoms with E-state index in [1.165, 1.54) is 11.1 Å². The molecule has 0 unspecified atom stereocenters. The molecule has 3 heteroatoms. The summed E-state index contributed by atoms with van der Waals surface area (Å²) in [6, 6.07) is 6.79. The molecule has 1 aromatic rings.